The molecule has 0 atom stereocenters. The highest BCUT2D eigenvalue weighted by Gasteiger charge is 2.14. The van der Waals surface area contributed by atoms with Crippen LogP contribution in [0, 0.1) is 0 Å². The van der Waals surface area contributed by atoms with Crippen LogP contribution in [0.5, 0.6) is 0 Å². The van der Waals surface area contributed by atoms with Crippen LogP contribution in [0.4, 0.5) is 5.82 Å². The van der Waals surface area contributed by atoms with E-state index in [0.717, 1.165) is 48.6 Å². The van der Waals surface area contributed by atoms with Gasteiger partial charge in [-0.1, -0.05) is 19.1 Å². The van der Waals surface area contributed by atoms with Crippen LogP contribution in [-0.4, -0.2) is 32.8 Å². The molecule has 5 heteroatoms. The van der Waals surface area contributed by atoms with Crippen molar-refractivity contribution in [3.8, 4) is 0 Å². The van der Waals surface area contributed by atoms with Gasteiger partial charge in [0.05, 0.1) is 18.9 Å². The molecule has 0 radical (unpaired) electrons. The van der Waals surface area contributed by atoms with Crippen LogP contribution in [-0.2, 0) is 6.54 Å². The SMILES string of the molecule is C=C(CC)Cn1ncc2ncc(N3CCCCC3)nc21. The zero-order valence-electron chi connectivity index (χ0n) is 12.0. The molecule has 1 aliphatic rings. The van der Waals surface area contributed by atoms with E-state index in [2.05, 4.69) is 28.5 Å². The zero-order chi connectivity index (χ0) is 13.9. The normalized spacial score (nSPS) is 15.8. The molecule has 20 heavy (non-hydrogen) atoms. The Morgan fingerprint density at radius 1 is 1.25 bits per heavy atom. The maximum Gasteiger partial charge on any atom is 0.179 e. The van der Waals surface area contributed by atoms with Crippen molar-refractivity contribution in [3.05, 3.63) is 24.5 Å². The first-order chi connectivity index (χ1) is 9.78. The van der Waals surface area contributed by atoms with Gasteiger partial charge in [-0.3, -0.25) is 0 Å². The molecule has 3 rings (SSSR count). The number of nitrogens with zero attached hydrogens (tertiary/aromatic N) is 5. The summed E-state index contributed by atoms with van der Waals surface area (Å²) in [4.78, 5) is 11.6. The lowest BCUT2D eigenvalue weighted by molar-refractivity contribution is 0.572. The van der Waals surface area contributed by atoms with Crippen LogP contribution in [0.25, 0.3) is 11.2 Å². The first-order valence-corrected chi connectivity index (χ1v) is 7.38. The Labute approximate surface area is 119 Å². The minimum Gasteiger partial charge on any atom is -0.355 e. The number of allylic oxidation sites excluding steroid dienone is 1. The van der Waals surface area contributed by atoms with Gasteiger partial charge in [0.2, 0.25) is 0 Å². The highest BCUT2D eigenvalue weighted by molar-refractivity contribution is 5.71. The van der Waals surface area contributed by atoms with E-state index in [-0.39, 0.29) is 0 Å². The van der Waals surface area contributed by atoms with E-state index in [1.165, 1.54) is 19.3 Å². The van der Waals surface area contributed by atoms with Gasteiger partial charge in [0, 0.05) is 13.1 Å². The second-order valence-corrected chi connectivity index (χ2v) is 5.39. The quantitative estimate of drug-likeness (QED) is 0.802. The fourth-order valence-electron chi connectivity index (χ4n) is 2.55. The molecule has 0 saturated carbocycles. The average molecular weight is 271 g/mol. The molecule has 0 aromatic carbocycles. The van der Waals surface area contributed by atoms with Crippen molar-refractivity contribution in [2.24, 2.45) is 0 Å². The molecule has 0 N–H and O–H groups in total. The van der Waals surface area contributed by atoms with Crippen molar-refractivity contribution in [2.45, 2.75) is 39.2 Å². The van der Waals surface area contributed by atoms with E-state index in [1.807, 2.05) is 10.9 Å². The third-order valence-corrected chi connectivity index (χ3v) is 3.89. The van der Waals surface area contributed by atoms with Crippen molar-refractivity contribution < 1.29 is 0 Å². The summed E-state index contributed by atoms with van der Waals surface area (Å²) in [7, 11) is 0. The van der Waals surface area contributed by atoms with Crippen molar-refractivity contribution in [1.29, 1.82) is 0 Å². The second kappa shape index (κ2) is 5.61. The summed E-state index contributed by atoms with van der Waals surface area (Å²) in [6.45, 7) is 9.04. The highest BCUT2D eigenvalue weighted by Crippen LogP contribution is 2.20. The first kappa shape index (κ1) is 13.1. The van der Waals surface area contributed by atoms with Crippen LogP contribution >= 0.6 is 0 Å². The van der Waals surface area contributed by atoms with E-state index in [9.17, 15) is 0 Å². The molecule has 0 amide bonds. The molecule has 0 bridgehead atoms. The monoisotopic (exact) mass is 271 g/mol. The molecule has 0 spiro atoms. The van der Waals surface area contributed by atoms with Crippen LogP contribution in [0.3, 0.4) is 0 Å². The number of hydrogen-bond donors (Lipinski definition) is 0. The lowest BCUT2D eigenvalue weighted by Crippen LogP contribution is -2.30. The molecule has 2 aromatic heterocycles. The van der Waals surface area contributed by atoms with Gasteiger partial charge in [0.25, 0.3) is 0 Å². The van der Waals surface area contributed by atoms with Gasteiger partial charge in [-0.25, -0.2) is 14.6 Å². The van der Waals surface area contributed by atoms with E-state index < -0.39 is 0 Å². The minimum absolute atomic E-state index is 0.720. The van der Waals surface area contributed by atoms with E-state index in [1.54, 1.807) is 6.20 Å². The van der Waals surface area contributed by atoms with Gasteiger partial charge < -0.3 is 4.90 Å². The Balaban J connectivity index is 1.91. The predicted molar refractivity (Wildman–Crippen MR) is 80.8 cm³/mol. The first-order valence-electron chi connectivity index (χ1n) is 7.38. The van der Waals surface area contributed by atoms with Gasteiger partial charge in [0.1, 0.15) is 11.3 Å². The maximum absolute atomic E-state index is 4.77. The fourth-order valence-corrected chi connectivity index (χ4v) is 2.55. The van der Waals surface area contributed by atoms with Crippen LogP contribution in [0.15, 0.2) is 24.5 Å². The Kier molecular flexibility index (Phi) is 3.67. The molecular formula is C15H21N5. The van der Waals surface area contributed by atoms with Crippen LogP contribution < -0.4 is 4.90 Å². The molecule has 3 heterocycles. The van der Waals surface area contributed by atoms with E-state index >= 15 is 0 Å². The van der Waals surface area contributed by atoms with Gasteiger partial charge in [-0.2, -0.15) is 5.10 Å². The lowest BCUT2D eigenvalue weighted by Gasteiger charge is -2.27. The van der Waals surface area contributed by atoms with Gasteiger partial charge in [-0.15, -0.1) is 0 Å². The van der Waals surface area contributed by atoms with Crippen molar-refractivity contribution in [1.82, 2.24) is 19.7 Å². The molecule has 1 fully saturated rings. The molecule has 0 aliphatic carbocycles. The minimum atomic E-state index is 0.720. The molecule has 1 aliphatic heterocycles. The van der Waals surface area contributed by atoms with Gasteiger partial charge >= 0.3 is 0 Å². The molecule has 5 nitrogen and oxygen atoms in total. The average Bonchev–Trinajstić information content (AvgIpc) is 2.90. The fraction of sp³-hybridized carbons (Fsp3) is 0.533. The highest BCUT2D eigenvalue weighted by atomic mass is 15.3. The third-order valence-electron chi connectivity index (χ3n) is 3.89. The summed E-state index contributed by atoms with van der Waals surface area (Å²) in [5.41, 5.74) is 2.87. The molecule has 2 aromatic rings. The number of rotatable bonds is 4. The van der Waals surface area contributed by atoms with Crippen molar-refractivity contribution in [3.63, 3.8) is 0 Å². The Morgan fingerprint density at radius 2 is 2.05 bits per heavy atom. The topological polar surface area (TPSA) is 46.8 Å². The third kappa shape index (κ3) is 2.53. The summed E-state index contributed by atoms with van der Waals surface area (Å²) < 4.78 is 1.90. The predicted octanol–water partition coefficient (Wildman–Crippen LogP) is 2.78. The summed E-state index contributed by atoms with van der Waals surface area (Å²) in [5.74, 6) is 0.973. The second-order valence-electron chi connectivity index (χ2n) is 5.39. The Hall–Kier alpha value is -1.91. The smallest absolute Gasteiger partial charge is 0.179 e. The van der Waals surface area contributed by atoms with Gasteiger partial charge in [0.15, 0.2) is 5.65 Å². The van der Waals surface area contributed by atoms with Crippen LogP contribution in [0.1, 0.15) is 32.6 Å². The Bertz CT molecular complexity index is 610. The number of hydrogen-bond acceptors (Lipinski definition) is 4. The summed E-state index contributed by atoms with van der Waals surface area (Å²) in [6, 6.07) is 0. The number of anilines is 1. The number of fused-ring (bicyclic) bond motifs is 1. The molecule has 0 unspecified atom stereocenters. The Morgan fingerprint density at radius 3 is 2.80 bits per heavy atom. The summed E-state index contributed by atoms with van der Waals surface area (Å²) in [5, 5.41) is 4.38. The maximum atomic E-state index is 4.77. The molecule has 106 valence electrons. The van der Waals surface area contributed by atoms with Crippen LogP contribution in [0.2, 0.25) is 0 Å². The lowest BCUT2D eigenvalue weighted by atomic mass is 10.1. The molecule has 1 saturated heterocycles. The largest absolute Gasteiger partial charge is 0.355 e. The molecular weight excluding hydrogens is 250 g/mol. The van der Waals surface area contributed by atoms with E-state index in [0.29, 0.717) is 0 Å². The summed E-state index contributed by atoms with van der Waals surface area (Å²) in [6.07, 6.45) is 8.41. The van der Waals surface area contributed by atoms with E-state index in [4.69, 9.17) is 4.98 Å². The van der Waals surface area contributed by atoms with Gasteiger partial charge in [-0.05, 0) is 25.7 Å². The van der Waals surface area contributed by atoms with Crippen molar-refractivity contribution in [2.75, 3.05) is 18.0 Å². The van der Waals surface area contributed by atoms with Crippen molar-refractivity contribution >= 4 is 17.0 Å². The standard InChI is InChI=1S/C15H21N5/c1-3-12(2)11-20-15-13(9-17-20)16-10-14(18-15)19-7-5-4-6-8-19/h9-10H,2-8,11H2,1H3. The zero-order valence-corrected chi connectivity index (χ0v) is 12.0. The summed E-state index contributed by atoms with van der Waals surface area (Å²) >= 11 is 0. The number of piperidine rings is 1. The number of aromatic nitrogens is 4.